The van der Waals surface area contributed by atoms with E-state index in [1.54, 1.807) is 13.2 Å². The number of ether oxygens (including phenoxy) is 2. The minimum Gasteiger partial charge on any atom is -0.493 e. The van der Waals surface area contributed by atoms with Crippen LogP contribution >= 0.6 is 0 Å². The summed E-state index contributed by atoms with van der Waals surface area (Å²) in [6, 6.07) is 11.5. The molecule has 4 heteroatoms. The zero-order valence-corrected chi connectivity index (χ0v) is 15.3. The first-order chi connectivity index (χ1) is 12.0. The number of amides is 1. The van der Waals surface area contributed by atoms with Gasteiger partial charge in [0.2, 0.25) is 5.91 Å². The maximum atomic E-state index is 12.1. The molecule has 1 N–H and O–H groups in total. The Morgan fingerprint density at radius 2 is 1.92 bits per heavy atom. The first-order valence-corrected chi connectivity index (χ1v) is 8.40. The number of carbonyl (C=O) groups is 1. The minimum absolute atomic E-state index is 0.169. The lowest BCUT2D eigenvalue weighted by Gasteiger charge is -2.10. The number of anilines is 1. The molecule has 0 spiro atoms. The van der Waals surface area contributed by atoms with Gasteiger partial charge in [0.25, 0.3) is 0 Å². The van der Waals surface area contributed by atoms with Crippen molar-refractivity contribution in [1.82, 2.24) is 0 Å². The van der Waals surface area contributed by atoms with Crippen LogP contribution in [0.3, 0.4) is 0 Å². The van der Waals surface area contributed by atoms with E-state index < -0.39 is 0 Å². The van der Waals surface area contributed by atoms with Crippen LogP contribution in [0.5, 0.6) is 11.5 Å². The van der Waals surface area contributed by atoms with Gasteiger partial charge < -0.3 is 14.8 Å². The molecule has 0 unspecified atom stereocenters. The molecule has 25 heavy (non-hydrogen) atoms. The van der Waals surface area contributed by atoms with Crippen LogP contribution in [-0.4, -0.2) is 19.6 Å². The second-order valence-corrected chi connectivity index (χ2v) is 5.90. The lowest BCUT2D eigenvalue weighted by Crippen LogP contribution is -2.08. The summed E-state index contributed by atoms with van der Waals surface area (Å²) in [5.74, 6) is 1.20. The van der Waals surface area contributed by atoms with Crippen LogP contribution in [0.25, 0.3) is 6.08 Å². The molecular weight excluding hydrogens is 314 g/mol. The molecule has 132 valence electrons. The number of benzene rings is 2. The van der Waals surface area contributed by atoms with Gasteiger partial charge in [-0.05, 0) is 55.7 Å². The molecule has 2 rings (SSSR count). The highest BCUT2D eigenvalue weighted by atomic mass is 16.5. The van der Waals surface area contributed by atoms with Crippen molar-refractivity contribution in [3.8, 4) is 11.5 Å². The quantitative estimate of drug-likeness (QED) is 0.740. The average Bonchev–Trinajstić information content (AvgIpc) is 2.60. The Morgan fingerprint density at radius 1 is 1.12 bits per heavy atom. The highest BCUT2D eigenvalue weighted by molar-refractivity contribution is 6.02. The van der Waals surface area contributed by atoms with E-state index in [4.69, 9.17) is 9.47 Å². The van der Waals surface area contributed by atoms with Crippen LogP contribution < -0.4 is 14.8 Å². The summed E-state index contributed by atoms with van der Waals surface area (Å²) >= 11 is 0. The van der Waals surface area contributed by atoms with Crippen molar-refractivity contribution < 1.29 is 14.3 Å². The molecule has 0 atom stereocenters. The van der Waals surface area contributed by atoms with Crippen LogP contribution in [0.15, 0.2) is 42.5 Å². The smallest absolute Gasteiger partial charge is 0.248 e. The molecule has 0 saturated carbocycles. The zero-order chi connectivity index (χ0) is 18.2. The molecule has 0 heterocycles. The van der Waals surface area contributed by atoms with E-state index in [1.807, 2.05) is 50.2 Å². The molecule has 0 aliphatic carbocycles. The number of hydrogen-bond donors (Lipinski definition) is 1. The number of hydrogen-bond acceptors (Lipinski definition) is 3. The van der Waals surface area contributed by atoms with Gasteiger partial charge in [0.15, 0.2) is 11.5 Å². The molecule has 0 aromatic heterocycles. The SMILES string of the molecule is CCCOc1ccc(/C=C/C(=O)Nc2ccc(C)cc2C)cc1OC. The average molecular weight is 339 g/mol. The maximum absolute atomic E-state index is 12.1. The Bertz CT molecular complexity index is 766. The predicted octanol–water partition coefficient (Wildman–Crippen LogP) is 4.75. The highest BCUT2D eigenvalue weighted by Crippen LogP contribution is 2.28. The van der Waals surface area contributed by atoms with Crippen LogP contribution in [0.4, 0.5) is 5.69 Å². The number of carbonyl (C=O) groups excluding carboxylic acids is 1. The summed E-state index contributed by atoms with van der Waals surface area (Å²) in [7, 11) is 1.61. The van der Waals surface area contributed by atoms with Gasteiger partial charge in [0.05, 0.1) is 13.7 Å². The van der Waals surface area contributed by atoms with Gasteiger partial charge in [-0.2, -0.15) is 0 Å². The monoisotopic (exact) mass is 339 g/mol. The predicted molar refractivity (Wildman–Crippen MR) is 102 cm³/mol. The molecule has 0 aliphatic rings. The normalized spacial score (nSPS) is 10.7. The van der Waals surface area contributed by atoms with Crippen LogP contribution in [0.1, 0.15) is 30.0 Å². The Labute approximate surface area is 149 Å². The van der Waals surface area contributed by atoms with E-state index in [2.05, 4.69) is 12.2 Å². The number of rotatable bonds is 7. The fourth-order valence-electron chi connectivity index (χ4n) is 2.42. The van der Waals surface area contributed by atoms with E-state index in [-0.39, 0.29) is 5.91 Å². The number of methoxy groups -OCH3 is 1. The standard InChI is InChI=1S/C21H25NO3/c1-5-12-25-19-10-7-17(14-20(19)24-4)8-11-21(23)22-18-9-6-15(2)13-16(18)3/h6-11,13-14H,5,12H2,1-4H3,(H,22,23)/b11-8+. The van der Waals surface area contributed by atoms with Gasteiger partial charge in [-0.1, -0.05) is 30.7 Å². The summed E-state index contributed by atoms with van der Waals surface area (Å²) in [6.45, 7) is 6.70. The van der Waals surface area contributed by atoms with Crippen molar-refractivity contribution in [2.45, 2.75) is 27.2 Å². The van der Waals surface area contributed by atoms with Crippen molar-refractivity contribution in [2.24, 2.45) is 0 Å². The Balaban J connectivity index is 2.06. The largest absolute Gasteiger partial charge is 0.493 e. The van der Waals surface area contributed by atoms with E-state index in [0.29, 0.717) is 18.1 Å². The van der Waals surface area contributed by atoms with Crippen molar-refractivity contribution in [3.63, 3.8) is 0 Å². The van der Waals surface area contributed by atoms with Crippen molar-refractivity contribution in [2.75, 3.05) is 19.0 Å². The highest BCUT2D eigenvalue weighted by Gasteiger charge is 2.05. The molecular formula is C21H25NO3. The molecule has 2 aromatic rings. The summed E-state index contributed by atoms with van der Waals surface area (Å²) < 4.78 is 11.0. The fourth-order valence-corrected chi connectivity index (χ4v) is 2.42. The maximum Gasteiger partial charge on any atom is 0.248 e. The Morgan fingerprint density at radius 3 is 2.60 bits per heavy atom. The van der Waals surface area contributed by atoms with Gasteiger partial charge >= 0.3 is 0 Å². The molecule has 0 radical (unpaired) electrons. The third-order valence-corrected chi connectivity index (χ3v) is 3.72. The Kier molecular flexibility index (Phi) is 6.63. The number of aryl methyl sites for hydroxylation is 2. The molecule has 2 aromatic carbocycles. The van der Waals surface area contributed by atoms with Crippen LogP contribution in [-0.2, 0) is 4.79 Å². The van der Waals surface area contributed by atoms with Crippen molar-refractivity contribution in [3.05, 3.63) is 59.2 Å². The summed E-state index contributed by atoms with van der Waals surface area (Å²) in [5, 5.41) is 2.89. The Hall–Kier alpha value is -2.75. The van der Waals surface area contributed by atoms with Crippen LogP contribution in [0.2, 0.25) is 0 Å². The second kappa shape index (κ2) is 8.92. The summed E-state index contributed by atoms with van der Waals surface area (Å²) in [4.78, 5) is 12.1. The first kappa shape index (κ1) is 18.6. The molecule has 1 amide bonds. The minimum atomic E-state index is -0.169. The molecule has 0 saturated heterocycles. The summed E-state index contributed by atoms with van der Waals surface area (Å²) in [5.41, 5.74) is 3.90. The van der Waals surface area contributed by atoms with Gasteiger partial charge in [0.1, 0.15) is 0 Å². The van der Waals surface area contributed by atoms with Crippen molar-refractivity contribution in [1.29, 1.82) is 0 Å². The lowest BCUT2D eigenvalue weighted by atomic mass is 10.1. The third-order valence-electron chi connectivity index (χ3n) is 3.72. The molecule has 0 aliphatic heterocycles. The van der Waals surface area contributed by atoms with Gasteiger partial charge in [-0.3, -0.25) is 4.79 Å². The lowest BCUT2D eigenvalue weighted by molar-refractivity contribution is -0.111. The summed E-state index contributed by atoms with van der Waals surface area (Å²) in [6.07, 6.45) is 4.20. The van der Waals surface area contributed by atoms with Gasteiger partial charge in [-0.25, -0.2) is 0 Å². The van der Waals surface area contributed by atoms with E-state index in [1.165, 1.54) is 11.6 Å². The second-order valence-electron chi connectivity index (χ2n) is 5.90. The fraction of sp³-hybridized carbons (Fsp3) is 0.286. The van der Waals surface area contributed by atoms with Gasteiger partial charge in [0, 0.05) is 11.8 Å². The van der Waals surface area contributed by atoms with Crippen molar-refractivity contribution >= 4 is 17.7 Å². The molecule has 0 bridgehead atoms. The topological polar surface area (TPSA) is 47.6 Å². The van der Waals surface area contributed by atoms with E-state index in [9.17, 15) is 4.79 Å². The van der Waals surface area contributed by atoms with E-state index in [0.717, 1.165) is 23.2 Å². The molecule has 4 nitrogen and oxygen atoms in total. The number of nitrogens with one attached hydrogen (secondary N) is 1. The van der Waals surface area contributed by atoms with Crippen LogP contribution in [0, 0.1) is 13.8 Å². The third kappa shape index (κ3) is 5.38. The van der Waals surface area contributed by atoms with Gasteiger partial charge in [-0.15, -0.1) is 0 Å². The first-order valence-electron chi connectivity index (χ1n) is 8.40. The molecule has 0 fully saturated rings. The van der Waals surface area contributed by atoms with E-state index >= 15 is 0 Å². The zero-order valence-electron chi connectivity index (χ0n) is 15.3.